The summed E-state index contributed by atoms with van der Waals surface area (Å²) in [5.41, 5.74) is -0.915. The first-order valence-electron chi connectivity index (χ1n) is 6.90. The van der Waals surface area contributed by atoms with Crippen LogP contribution in [-0.4, -0.2) is 30.5 Å². The molecule has 3 atom stereocenters. The van der Waals surface area contributed by atoms with Gasteiger partial charge in [-0.15, -0.1) is 29.5 Å². The Labute approximate surface area is 134 Å². The molecule has 1 saturated carbocycles. The highest BCUT2D eigenvalue weighted by atomic mass is 35.5. The van der Waals surface area contributed by atoms with E-state index in [1.165, 1.54) is 0 Å². The summed E-state index contributed by atoms with van der Waals surface area (Å²) in [6.07, 6.45) is 3.73. The fourth-order valence-electron chi connectivity index (χ4n) is 2.82. The number of thiophene rings is 1. The van der Waals surface area contributed by atoms with Crippen LogP contribution in [0.2, 0.25) is 0 Å². The van der Waals surface area contributed by atoms with Gasteiger partial charge in [0.25, 0.3) is 10.0 Å². The zero-order valence-electron chi connectivity index (χ0n) is 11.7. The maximum absolute atomic E-state index is 12.5. The number of aliphatic hydroxyl groups is 1. The first-order valence-corrected chi connectivity index (χ1v) is 9.70. The van der Waals surface area contributed by atoms with Gasteiger partial charge in [0.15, 0.2) is 0 Å². The largest absolute Gasteiger partial charge is 0.391 e. The zero-order chi connectivity index (χ0) is 15.5. The predicted molar refractivity (Wildman–Crippen MR) is 86.3 cm³/mol. The van der Waals surface area contributed by atoms with E-state index in [-0.39, 0.29) is 9.59 Å². The first kappa shape index (κ1) is 17.0. The third kappa shape index (κ3) is 3.87. The van der Waals surface area contributed by atoms with Gasteiger partial charge in [0.2, 0.25) is 0 Å². The summed E-state index contributed by atoms with van der Waals surface area (Å²) < 4.78 is 28.0. The normalized spacial score (nSPS) is 28.2. The Morgan fingerprint density at radius 2 is 2.43 bits per heavy atom. The van der Waals surface area contributed by atoms with Crippen molar-refractivity contribution in [1.82, 2.24) is 4.72 Å². The minimum Gasteiger partial charge on any atom is -0.391 e. The van der Waals surface area contributed by atoms with Crippen molar-refractivity contribution in [2.75, 3.05) is 0 Å². The molecule has 1 aliphatic carbocycles. The van der Waals surface area contributed by atoms with Gasteiger partial charge in [0, 0.05) is 5.38 Å². The van der Waals surface area contributed by atoms with Crippen LogP contribution < -0.4 is 4.72 Å². The number of halogens is 1. The monoisotopic (exact) mass is 349 g/mol. The molecule has 0 aromatic carbocycles. The van der Waals surface area contributed by atoms with Crippen LogP contribution in [0.1, 0.15) is 32.1 Å². The highest BCUT2D eigenvalue weighted by molar-refractivity contribution is 7.91. The lowest BCUT2D eigenvalue weighted by Crippen LogP contribution is -2.58. The molecule has 118 valence electrons. The third-order valence-electron chi connectivity index (χ3n) is 3.85. The summed E-state index contributed by atoms with van der Waals surface area (Å²) in [6, 6.07) is 3.25. The summed E-state index contributed by atoms with van der Waals surface area (Å²) in [4.78, 5) is 0. The Hall–Kier alpha value is -0.400. The second kappa shape index (κ2) is 6.79. The Morgan fingerprint density at radius 1 is 1.67 bits per heavy atom. The molecule has 2 N–H and O–H groups in total. The number of aliphatic hydroxyl groups excluding tert-OH is 1. The predicted octanol–water partition coefficient (Wildman–Crippen LogP) is 2.88. The molecule has 7 heteroatoms. The summed E-state index contributed by atoms with van der Waals surface area (Å²) >= 11 is 7.39. The molecule has 1 heterocycles. The van der Waals surface area contributed by atoms with Gasteiger partial charge in [-0.3, -0.25) is 0 Å². The molecule has 1 aliphatic rings. The number of nitrogens with one attached hydrogen (secondary N) is 1. The summed E-state index contributed by atoms with van der Waals surface area (Å²) in [6.45, 7) is 3.62. The van der Waals surface area contributed by atoms with Crippen LogP contribution in [0.5, 0.6) is 0 Å². The second-order valence-electron chi connectivity index (χ2n) is 5.43. The second-order valence-corrected chi connectivity index (χ2v) is 8.90. The standard InChI is InChI=1S/C14H20ClNO3S2/c1-2-5-12(17)14(8-3-6-11(15)10-14)16-21(18,19)13-7-4-9-20-13/h2,4,7,9,11-12,16-17H,1,3,5-6,8,10H2. The highest BCUT2D eigenvalue weighted by Crippen LogP contribution is 2.36. The topological polar surface area (TPSA) is 66.4 Å². The minimum absolute atomic E-state index is 0.135. The van der Waals surface area contributed by atoms with E-state index in [1.54, 1.807) is 23.6 Å². The van der Waals surface area contributed by atoms with Crippen LogP contribution in [0.3, 0.4) is 0 Å². The minimum atomic E-state index is -3.65. The molecule has 0 aliphatic heterocycles. The molecular weight excluding hydrogens is 330 g/mol. The molecule has 1 fully saturated rings. The van der Waals surface area contributed by atoms with Crippen molar-refractivity contribution in [2.45, 2.75) is 53.3 Å². The van der Waals surface area contributed by atoms with Gasteiger partial charge in [-0.1, -0.05) is 18.6 Å². The van der Waals surface area contributed by atoms with Gasteiger partial charge in [-0.2, -0.15) is 0 Å². The van der Waals surface area contributed by atoms with Crippen molar-refractivity contribution in [3.8, 4) is 0 Å². The van der Waals surface area contributed by atoms with Crippen LogP contribution in [0.25, 0.3) is 0 Å². The van der Waals surface area contributed by atoms with E-state index in [1.807, 2.05) is 0 Å². The van der Waals surface area contributed by atoms with Crippen LogP contribution in [0.15, 0.2) is 34.4 Å². The molecule has 0 spiro atoms. The molecule has 0 bridgehead atoms. The van der Waals surface area contributed by atoms with Crippen LogP contribution in [-0.2, 0) is 10.0 Å². The summed E-state index contributed by atoms with van der Waals surface area (Å²) in [7, 11) is -3.65. The van der Waals surface area contributed by atoms with E-state index in [0.717, 1.165) is 24.2 Å². The fourth-order valence-corrected chi connectivity index (χ4v) is 5.71. The Balaban J connectivity index is 2.30. The maximum atomic E-state index is 12.5. The Bertz CT molecular complexity index is 573. The maximum Gasteiger partial charge on any atom is 0.250 e. The lowest BCUT2D eigenvalue weighted by atomic mass is 9.77. The van der Waals surface area contributed by atoms with Crippen molar-refractivity contribution < 1.29 is 13.5 Å². The number of hydrogen-bond donors (Lipinski definition) is 2. The van der Waals surface area contributed by atoms with E-state index >= 15 is 0 Å². The van der Waals surface area contributed by atoms with Crippen LogP contribution >= 0.6 is 22.9 Å². The van der Waals surface area contributed by atoms with Gasteiger partial charge < -0.3 is 5.11 Å². The zero-order valence-corrected chi connectivity index (χ0v) is 14.1. The molecule has 0 radical (unpaired) electrons. The van der Waals surface area contributed by atoms with Gasteiger partial charge in [0.1, 0.15) is 4.21 Å². The average Bonchev–Trinajstić information content (AvgIpc) is 2.93. The summed E-state index contributed by atoms with van der Waals surface area (Å²) in [5, 5.41) is 12.0. The molecule has 0 amide bonds. The molecule has 1 aromatic rings. The molecular formula is C14H20ClNO3S2. The lowest BCUT2D eigenvalue weighted by molar-refractivity contribution is 0.0517. The van der Waals surface area contributed by atoms with Crippen molar-refractivity contribution in [1.29, 1.82) is 0 Å². The van der Waals surface area contributed by atoms with E-state index in [9.17, 15) is 13.5 Å². The number of rotatable bonds is 6. The molecule has 3 unspecified atom stereocenters. The molecule has 21 heavy (non-hydrogen) atoms. The van der Waals surface area contributed by atoms with Crippen molar-refractivity contribution >= 4 is 33.0 Å². The average molecular weight is 350 g/mol. The van der Waals surface area contributed by atoms with Gasteiger partial charge >= 0.3 is 0 Å². The number of hydrogen-bond acceptors (Lipinski definition) is 4. The van der Waals surface area contributed by atoms with Gasteiger partial charge in [0.05, 0.1) is 11.6 Å². The molecule has 0 saturated heterocycles. The van der Waals surface area contributed by atoms with Gasteiger partial charge in [-0.25, -0.2) is 13.1 Å². The van der Waals surface area contributed by atoms with Crippen LogP contribution in [0.4, 0.5) is 0 Å². The smallest absolute Gasteiger partial charge is 0.250 e. The Kier molecular flexibility index (Phi) is 5.48. The van der Waals surface area contributed by atoms with E-state index < -0.39 is 21.7 Å². The quantitative estimate of drug-likeness (QED) is 0.613. The van der Waals surface area contributed by atoms with Crippen molar-refractivity contribution in [2.24, 2.45) is 0 Å². The summed E-state index contributed by atoms with van der Waals surface area (Å²) in [5.74, 6) is 0. The fraction of sp³-hybridized carbons (Fsp3) is 0.571. The molecule has 1 aromatic heterocycles. The number of alkyl halides is 1. The van der Waals surface area contributed by atoms with E-state index in [2.05, 4.69) is 11.3 Å². The lowest BCUT2D eigenvalue weighted by Gasteiger charge is -2.42. The number of sulfonamides is 1. The third-order valence-corrected chi connectivity index (χ3v) is 7.17. The molecule has 2 rings (SSSR count). The van der Waals surface area contributed by atoms with Crippen LogP contribution in [0, 0.1) is 0 Å². The van der Waals surface area contributed by atoms with Gasteiger partial charge in [-0.05, 0) is 37.1 Å². The van der Waals surface area contributed by atoms with Crippen molar-refractivity contribution in [3.05, 3.63) is 30.2 Å². The van der Waals surface area contributed by atoms with E-state index in [4.69, 9.17) is 11.6 Å². The Morgan fingerprint density at radius 3 is 3.00 bits per heavy atom. The highest BCUT2D eigenvalue weighted by Gasteiger charge is 2.44. The first-order chi connectivity index (χ1) is 9.89. The molecule has 4 nitrogen and oxygen atoms in total. The SMILES string of the molecule is C=CCC(O)C1(NS(=O)(=O)c2cccs2)CCCC(Cl)C1. The van der Waals surface area contributed by atoms with E-state index in [0.29, 0.717) is 19.3 Å². The van der Waals surface area contributed by atoms with Crippen molar-refractivity contribution in [3.63, 3.8) is 0 Å².